The highest BCUT2D eigenvalue weighted by Crippen LogP contribution is 2.29. The van der Waals surface area contributed by atoms with Crippen LogP contribution in [0.2, 0.25) is 0 Å². The van der Waals surface area contributed by atoms with Crippen LogP contribution < -0.4 is 9.80 Å². The summed E-state index contributed by atoms with van der Waals surface area (Å²) in [5.74, 6) is 0.307. The molecule has 0 bridgehead atoms. The summed E-state index contributed by atoms with van der Waals surface area (Å²) in [4.78, 5) is 32.9. The van der Waals surface area contributed by atoms with Gasteiger partial charge in [0.25, 0.3) is 5.91 Å². The number of carbonyl (C=O) groups is 2. The molecular weight excluding hydrogens is 454 g/mol. The first-order valence-electron chi connectivity index (χ1n) is 9.74. The minimum Gasteiger partial charge on any atom is -0.316 e. The van der Waals surface area contributed by atoms with Gasteiger partial charge < -0.3 is 4.90 Å². The molecule has 154 valence electrons. The minimum atomic E-state index is -0.202. The molecular formula is C25H20BrN3O2. The SMILES string of the molecule is CC(=O)N(C)c1ccc(N2C(=O)C(=Cc3cccc(Br)c3)N=C2c2ccccc2)cc1. The smallest absolute Gasteiger partial charge is 0.282 e. The normalized spacial score (nSPS) is 14.7. The van der Waals surface area contributed by atoms with Crippen LogP contribution in [0.1, 0.15) is 18.1 Å². The largest absolute Gasteiger partial charge is 0.316 e. The van der Waals surface area contributed by atoms with E-state index in [0.29, 0.717) is 17.2 Å². The number of carbonyl (C=O) groups excluding carboxylic acids is 2. The molecule has 6 heteroatoms. The Bertz CT molecular complexity index is 1200. The standard InChI is InChI=1S/C25H20BrN3O2/c1-17(30)28(2)21-11-13-22(14-12-21)29-24(19-8-4-3-5-9-19)27-23(25(29)31)16-18-7-6-10-20(26)15-18/h3-16H,1-2H3. The highest BCUT2D eigenvalue weighted by Gasteiger charge is 2.32. The lowest BCUT2D eigenvalue weighted by atomic mass is 10.1. The Morgan fingerprint density at radius 2 is 1.71 bits per heavy atom. The van der Waals surface area contributed by atoms with Gasteiger partial charge in [0, 0.05) is 29.7 Å². The molecule has 0 aliphatic carbocycles. The molecule has 0 saturated carbocycles. The molecule has 5 nitrogen and oxygen atoms in total. The van der Waals surface area contributed by atoms with Crippen LogP contribution in [0.5, 0.6) is 0 Å². The maximum atomic E-state index is 13.4. The summed E-state index contributed by atoms with van der Waals surface area (Å²) in [6.07, 6.45) is 1.79. The molecule has 0 spiro atoms. The van der Waals surface area contributed by atoms with Gasteiger partial charge in [-0.05, 0) is 48.0 Å². The third kappa shape index (κ3) is 4.34. The van der Waals surface area contributed by atoms with Crippen LogP contribution in [-0.4, -0.2) is 24.7 Å². The Hall–Kier alpha value is -3.51. The summed E-state index contributed by atoms with van der Waals surface area (Å²) in [5, 5.41) is 0. The second kappa shape index (κ2) is 8.70. The predicted molar refractivity (Wildman–Crippen MR) is 128 cm³/mol. The predicted octanol–water partition coefficient (Wildman–Crippen LogP) is 5.27. The van der Waals surface area contributed by atoms with Gasteiger partial charge >= 0.3 is 0 Å². The van der Waals surface area contributed by atoms with Crippen molar-refractivity contribution in [2.24, 2.45) is 4.99 Å². The molecule has 0 fully saturated rings. The lowest BCUT2D eigenvalue weighted by molar-refractivity contribution is -0.116. The van der Waals surface area contributed by atoms with Crippen molar-refractivity contribution in [2.45, 2.75) is 6.92 Å². The van der Waals surface area contributed by atoms with E-state index in [1.165, 1.54) is 6.92 Å². The first kappa shape index (κ1) is 20.8. The molecule has 4 rings (SSSR count). The number of nitrogens with zero attached hydrogens (tertiary/aromatic N) is 3. The van der Waals surface area contributed by atoms with Crippen LogP contribution >= 0.6 is 15.9 Å². The molecule has 0 radical (unpaired) electrons. The number of anilines is 2. The van der Waals surface area contributed by atoms with Gasteiger partial charge in [-0.3, -0.25) is 14.5 Å². The summed E-state index contributed by atoms with van der Waals surface area (Å²) in [5.41, 5.74) is 3.53. The summed E-state index contributed by atoms with van der Waals surface area (Å²) in [6.45, 7) is 1.51. The fourth-order valence-electron chi connectivity index (χ4n) is 3.30. The van der Waals surface area contributed by atoms with Crippen LogP contribution in [0, 0.1) is 0 Å². The van der Waals surface area contributed by atoms with Crippen LogP contribution in [-0.2, 0) is 9.59 Å². The molecule has 1 aliphatic rings. The van der Waals surface area contributed by atoms with E-state index >= 15 is 0 Å². The Balaban J connectivity index is 1.76. The van der Waals surface area contributed by atoms with Crippen molar-refractivity contribution in [3.05, 3.63) is 100 Å². The van der Waals surface area contributed by atoms with E-state index < -0.39 is 0 Å². The summed E-state index contributed by atoms with van der Waals surface area (Å²) in [7, 11) is 1.72. The summed E-state index contributed by atoms with van der Waals surface area (Å²) < 4.78 is 0.932. The van der Waals surface area contributed by atoms with Gasteiger partial charge in [-0.25, -0.2) is 4.99 Å². The van der Waals surface area contributed by atoms with Gasteiger partial charge in [-0.1, -0.05) is 58.4 Å². The quantitative estimate of drug-likeness (QED) is 0.484. The number of benzene rings is 3. The van der Waals surface area contributed by atoms with Gasteiger partial charge in [0.05, 0.1) is 5.69 Å². The number of hydrogen-bond donors (Lipinski definition) is 0. The third-order valence-electron chi connectivity index (χ3n) is 5.01. The van der Waals surface area contributed by atoms with Crippen molar-refractivity contribution < 1.29 is 9.59 Å². The highest BCUT2D eigenvalue weighted by atomic mass is 79.9. The number of aliphatic imine (C=N–C) groups is 1. The van der Waals surface area contributed by atoms with E-state index in [9.17, 15) is 9.59 Å². The molecule has 1 aliphatic heterocycles. The molecule has 0 unspecified atom stereocenters. The second-order valence-corrected chi connectivity index (χ2v) is 8.04. The Kier molecular flexibility index (Phi) is 5.82. The molecule has 3 aromatic carbocycles. The zero-order chi connectivity index (χ0) is 22.0. The van der Waals surface area contributed by atoms with Crippen LogP contribution in [0.4, 0.5) is 11.4 Å². The molecule has 31 heavy (non-hydrogen) atoms. The summed E-state index contributed by atoms with van der Waals surface area (Å²) >= 11 is 3.46. The van der Waals surface area contributed by atoms with Crippen LogP contribution in [0.3, 0.4) is 0 Å². The molecule has 2 amide bonds. The minimum absolute atomic E-state index is 0.0595. The average Bonchev–Trinajstić information content (AvgIpc) is 3.10. The maximum Gasteiger partial charge on any atom is 0.282 e. The highest BCUT2D eigenvalue weighted by molar-refractivity contribution is 9.10. The first-order chi connectivity index (χ1) is 14.9. The topological polar surface area (TPSA) is 53.0 Å². The summed E-state index contributed by atoms with van der Waals surface area (Å²) in [6, 6.07) is 24.6. The monoisotopic (exact) mass is 473 g/mol. The van der Waals surface area contributed by atoms with E-state index in [1.807, 2.05) is 78.9 Å². The zero-order valence-corrected chi connectivity index (χ0v) is 18.7. The van der Waals surface area contributed by atoms with E-state index in [2.05, 4.69) is 20.9 Å². The molecule has 1 heterocycles. The Morgan fingerprint density at radius 3 is 2.35 bits per heavy atom. The number of hydrogen-bond acceptors (Lipinski definition) is 3. The number of amidine groups is 1. The lowest BCUT2D eigenvalue weighted by Gasteiger charge is -2.20. The van der Waals surface area contributed by atoms with Crippen molar-refractivity contribution >= 4 is 51.0 Å². The number of halogens is 1. The zero-order valence-electron chi connectivity index (χ0n) is 17.1. The van der Waals surface area contributed by atoms with E-state index in [-0.39, 0.29) is 11.8 Å². The maximum absolute atomic E-state index is 13.4. The molecule has 0 atom stereocenters. The van der Waals surface area contributed by atoms with Crippen molar-refractivity contribution in [1.29, 1.82) is 0 Å². The molecule has 3 aromatic rings. The van der Waals surface area contributed by atoms with Crippen molar-refractivity contribution in [2.75, 3.05) is 16.8 Å². The fraction of sp³-hybridized carbons (Fsp3) is 0.0800. The first-order valence-corrected chi connectivity index (χ1v) is 10.5. The van der Waals surface area contributed by atoms with E-state index in [1.54, 1.807) is 22.9 Å². The number of amides is 2. The second-order valence-electron chi connectivity index (χ2n) is 7.12. The van der Waals surface area contributed by atoms with Crippen molar-refractivity contribution in [3.8, 4) is 0 Å². The lowest BCUT2D eigenvalue weighted by Crippen LogP contribution is -2.32. The van der Waals surface area contributed by atoms with Crippen molar-refractivity contribution in [3.63, 3.8) is 0 Å². The van der Waals surface area contributed by atoms with E-state index in [0.717, 1.165) is 21.3 Å². The van der Waals surface area contributed by atoms with Crippen LogP contribution in [0.15, 0.2) is 94.0 Å². The fourth-order valence-corrected chi connectivity index (χ4v) is 3.72. The Morgan fingerprint density at radius 1 is 1.00 bits per heavy atom. The van der Waals surface area contributed by atoms with Gasteiger partial charge in [0.1, 0.15) is 11.5 Å². The molecule has 0 aromatic heterocycles. The van der Waals surface area contributed by atoms with Crippen molar-refractivity contribution in [1.82, 2.24) is 0 Å². The van der Waals surface area contributed by atoms with Gasteiger partial charge in [-0.2, -0.15) is 0 Å². The van der Waals surface area contributed by atoms with Crippen LogP contribution in [0.25, 0.3) is 6.08 Å². The van der Waals surface area contributed by atoms with Gasteiger partial charge in [-0.15, -0.1) is 0 Å². The molecule has 0 saturated heterocycles. The average molecular weight is 474 g/mol. The molecule has 0 N–H and O–H groups in total. The number of rotatable bonds is 4. The van der Waals surface area contributed by atoms with Gasteiger partial charge in [0.15, 0.2) is 0 Å². The Labute approximate surface area is 189 Å². The van der Waals surface area contributed by atoms with E-state index in [4.69, 9.17) is 0 Å². The van der Waals surface area contributed by atoms with Gasteiger partial charge in [0.2, 0.25) is 5.91 Å². The third-order valence-corrected chi connectivity index (χ3v) is 5.51.